The van der Waals surface area contributed by atoms with Crippen LogP contribution in [0.5, 0.6) is 0 Å². The molecule has 6 nitrogen and oxygen atoms in total. The van der Waals surface area contributed by atoms with Gasteiger partial charge in [0.15, 0.2) is 0 Å². The van der Waals surface area contributed by atoms with Crippen LogP contribution in [0.1, 0.15) is 32.0 Å². The molecule has 100 valence electrons. The third kappa shape index (κ3) is 2.67. The Morgan fingerprint density at radius 2 is 2.50 bits per heavy atom. The number of aromatic nitrogens is 3. The van der Waals surface area contributed by atoms with Gasteiger partial charge in [-0.3, -0.25) is 9.89 Å². The van der Waals surface area contributed by atoms with Gasteiger partial charge in [-0.1, -0.05) is 18.7 Å². The zero-order chi connectivity index (χ0) is 13.2. The van der Waals surface area contributed by atoms with Gasteiger partial charge in [0.05, 0.1) is 0 Å². The fourth-order valence-electron chi connectivity index (χ4n) is 2.39. The molecule has 0 amide bonds. The van der Waals surface area contributed by atoms with Crippen molar-refractivity contribution in [2.45, 2.75) is 49.1 Å². The van der Waals surface area contributed by atoms with Gasteiger partial charge in [-0.05, 0) is 32.7 Å². The Kier molecular flexibility index (Phi) is 3.91. The van der Waals surface area contributed by atoms with Crippen LogP contribution in [0.15, 0.2) is 5.16 Å². The minimum atomic E-state index is -0.766. The normalized spacial score (nSPS) is 27.6. The van der Waals surface area contributed by atoms with Crippen molar-refractivity contribution in [1.82, 2.24) is 20.5 Å². The largest absolute Gasteiger partial charge is 0.480 e. The maximum atomic E-state index is 11.4. The number of H-pyrrole nitrogens is 1. The van der Waals surface area contributed by atoms with Crippen LogP contribution in [0.3, 0.4) is 0 Å². The Bertz CT molecular complexity index is 436. The second-order valence-electron chi connectivity index (χ2n) is 4.60. The van der Waals surface area contributed by atoms with Crippen LogP contribution in [0.2, 0.25) is 0 Å². The molecule has 0 aliphatic heterocycles. The van der Waals surface area contributed by atoms with E-state index in [0.717, 1.165) is 12.2 Å². The lowest BCUT2D eigenvalue weighted by molar-refractivity contribution is -0.144. The molecule has 2 rings (SSSR count). The number of aromatic amines is 1. The van der Waals surface area contributed by atoms with E-state index in [-0.39, 0.29) is 5.25 Å². The summed E-state index contributed by atoms with van der Waals surface area (Å²) >= 11 is 1.56. The standard InChI is InChI=1S/C11H18N4O2S/c1-3-12-11(9(16)17)5-4-8(6-11)18-10-13-7(2)14-15-10/h8,12H,3-6H2,1-2H3,(H,16,17)(H,13,14,15). The van der Waals surface area contributed by atoms with Gasteiger partial charge in [-0.2, -0.15) is 0 Å². The second kappa shape index (κ2) is 5.27. The highest BCUT2D eigenvalue weighted by molar-refractivity contribution is 7.99. The number of hydrogen-bond acceptors (Lipinski definition) is 5. The molecule has 18 heavy (non-hydrogen) atoms. The number of aliphatic carboxylic acids is 1. The van der Waals surface area contributed by atoms with Crippen molar-refractivity contribution in [1.29, 1.82) is 0 Å². The molecule has 2 unspecified atom stereocenters. The lowest BCUT2D eigenvalue weighted by Gasteiger charge is -2.25. The number of carbonyl (C=O) groups is 1. The van der Waals surface area contributed by atoms with E-state index in [1.54, 1.807) is 11.8 Å². The molecule has 0 radical (unpaired) electrons. The Hall–Kier alpha value is -1.08. The van der Waals surface area contributed by atoms with Gasteiger partial charge in [0, 0.05) is 5.25 Å². The molecule has 2 atom stereocenters. The van der Waals surface area contributed by atoms with Crippen LogP contribution in [-0.2, 0) is 4.79 Å². The number of aryl methyl sites for hydroxylation is 1. The summed E-state index contributed by atoms with van der Waals surface area (Å²) in [4.78, 5) is 15.6. The number of hydrogen-bond donors (Lipinski definition) is 3. The van der Waals surface area contributed by atoms with Crippen LogP contribution in [0.25, 0.3) is 0 Å². The van der Waals surface area contributed by atoms with Crippen LogP contribution in [0, 0.1) is 6.92 Å². The molecule has 1 saturated carbocycles. The summed E-state index contributed by atoms with van der Waals surface area (Å²) in [6.07, 6.45) is 2.16. The first-order valence-corrected chi connectivity index (χ1v) is 6.98. The quantitative estimate of drug-likeness (QED) is 0.744. The third-order valence-corrected chi connectivity index (χ3v) is 4.37. The predicted octanol–water partition coefficient (Wildman–Crippen LogP) is 1.19. The van der Waals surface area contributed by atoms with Crippen LogP contribution >= 0.6 is 11.8 Å². The van der Waals surface area contributed by atoms with Crippen molar-refractivity contribution in [2.24, 2.45) is 0 Å². The highest BCUT2D eigenvalue weighted by Crippen LogP contribution is 2.39. The van der Waals surface area contributed by atoms with Crippen molar-refractivity contribution in [3.8, 4) is 0 Å². The van der Waals surface area contributed by atoms with E-state index in [0.29, 0.717) is 24.5 Å². The average molecular weight is 270 g/mol. The van der Waals surface area contributed by atoms with E-state index in [4.69, 9.17) is 0 Å². The smallest absolute Gasteiger partial charge is 0.323 e. The van der Waals surface area contributed by atoms with Crippen LogP contribution in [-0.4, -0.2) is 43.6 Å². The summed E-state index contributed by atoms with van der Waals surface area (Å²) < 4.78 is 0. The number of carboxylic acid groups (broad SMARTS) is 1. The molecule has 0 bridgehead atoms. The van der Waals surface area contributed by atoms with E-state index in [9.17, 15) is 9.90 Å². The molecule has 1 fully saturated rings. The van der Waals surface area contributed by atoms with Crippen molar-refractivity contribution in [3.63, 3.8) is 0 Å². The van der Waals surface area contributed by atoms with Gasteiger partial charge in [-0.25, -0.2) is 4.98 Å². The van der Waals surface area contributed by atoms with Gasteiger partial charge in [0.2, 0.25) is 5.16 Å². The minimum Gasteiger partial charge on any atom is -0.480 e. The molecule has 1 heterocycles. The van der Waals surface area contributed by atoms with Crippen LogP contribution < -0.4 is 5.32 Å². The van der Waals surface area contributed by atoms with E-state index >= 15 is 0 Å². The van der Waals surface area contributed by atoms with Gasteiger partial charge in [0.25, 0.3) is 0 Å². The minimum absolute atomic E-state index is 0.260. The first-order valence-electron chi connectivity index (χ1n) is 6.10. The Balaban J connectivity index is 2.00. The molecule has 1 aromatic heterocycles. The number of likely N-dealkylation sites (N-methyl/N-ethyl adjacent to an activating group) is 1. The zero-order valence-corrected chi connectivity index (χ0v) is 11.4. The maximum Gasteiger partial charge on any atom is 0.323 e. The average Bonchev–Trinajstić information content (AvgIpc) is 2.88. The molecule has 0 saturated heterocycles. The first-order chi connectivity index (χ1) is 8.55. The van der Waals surface area contributed by atoms with E-state index in [1.807, 2.05) is 13.8 Å². The van der Waals surface area contributed by atoms with E-state index in [2.05, 4.69) is 20.5 Å². The number of carboxylic acids is 1. The second-order valence-corrected chi connectivity index (χ2v) is 5.87. The van der Waals surface area contributed by atoms with Crippen molar-refractivity contribution < 1.29 is 9.90 Å². The zero-order valence-electron chi connectivity index (χ0n) is 10.6. The van der Waals surface area contributed by atoms with Crippen molar-refractivity contribution in [3.05, 3.63) is 5.82 Å². The van der Waals surface area contributed by atoms with Crippen molar-refractivity contribution in [2.75, 3.05) is 6.54 Å². The fourth-order valence-corrected chi connectivity index (χ4v) is 3.58. The molecule has 1 aromatic rings. The predicted molar refractivity (Wildman–Crippen MR) is 68.7 cm³/mol. The third-order valence-electron chi connectivity index (χ3n) is 3.24. The summed E-state index contributed by atoms with van der Waals surface area (Å²) in [6, 6.07) is 0. The molecule has 3 N–H and O–H groups in total. The summed E-state index contributed by atoms with van der Waals surface area (Å²) in [6.45, 7) is 4.46. The molecular weight excluding hydrogens is 252 g/mol. The lowest BCUT2D eigenvalue weighted by Crippen LogP contribution is -2.50. The topological polar surface area (TPSA) is 90.9 Å². The van der Waals surface area contributed by atoms with Crippen LogP contribution in [0.4, 0.5) is 0 Å². The highest BCUT2D eigenvalue weighted by Gasteiger charge is 2.45. The molecule has 1 aliphatic rings. The SMILES string of the molecule is CCNC1(C(=O)O)CCC(Sc2n[nH]c(C)n2)C1. The van der Waals surface area contributed by atoms with Gasteiger partial charge in [0.1, 0.15) is 11.4 Å². The lowest BCUT2D eigenvalue weighted by atomic mass is 9.98. The summed E-state index contributed by atoms with van der Waals surface area (Å²) in [5, 5.41) is 20.3. The Labute approximate surface area is 110 Å². The molecular formula is C11H18N4O2S. The van der Waals surface area contributed by atoms with Gasteiger partial charge in [-0.15, -0.1) is 5.10 Å². The number of rotatable bonds is 5. The summed E-state index contributed by atoms with van der Waals surface area (Å²) in [5.41, 5.74) is -0.766. The maximum absolute atomic E-state index is 11.4. The number of nitrogens with one attached hydrogen (secondary N) is 2. The molecule has 0 aromatic carbocycles. The van der Waals surface area contributed by atoms with Crippen molar-refractivity contribution >= 4 is 17.7 Å². The van der Waals surface area contributed by atoms with E-state index < -0.39 is 11.5 Å². The highest BCUT2D eigenvalue weighted by atomic mass is 32.2. The van der Waals surface area contributed by atoms with Gasteiger partial charge < -0.3 is 10.4 Å². The Morgan fingerprint density at radius 3 is 3.06 bits per heavy atom. The first kappa shape index (κ1) is 13.4. The monoisotopic (exact) mass is 270 g/mol. The number of nitrogens with zero attached hydrogens (tertiary/aromatic N) is 2. The summed E-state index contributed by atoms with van der Waals surface area (Å²) in [7, 11) is 0. The molecule has 0 spiro atoms. The number of thioether (sulfide) groups is 1. The Morgan fingerprint density at radius 1 is 1.72 bits per heavy atom. The molecule has 1 aliphatic carbocycles. The summed E-state index contributed by atoms with van der Waals surface area (Å²) in [5.74, 6) is 0.0327. The van der Waals surface area contributed by atoms with E-state index in [1.165, 1.54) is 0 Å². The van der Waals surface area contributed by atoms with Gasteiger partial charge >= 0.3 is 5.97 Å². The molecule has 7 heteroatoms. The fraction of sp³-hybridized carbons (Fsp3) is 0.727.